The number of nitrogens with one attached hydrogen (secondary N) is 1. The number of hydrogen-bond donors (Lipinski definition) is 2. The van der Waals surface area contributed by atoms with Crippen molar-refractivity contribution in [3.8, 4) is 0 Å². The molecule has 2 aromatic rings. The molecule has 24 heavy (non-hydrogen) atoms. The van der Waals surface area contributed by atoms with E-state index in [9.17, 15) is 9.59 Å². The van der Waals surface area contributed by atoms with Crippen LogP contribution in [0.5, 0.6) is 0 Å². The van der Waals surface area contributed by atoms with Gasteiger partial charge in [-0.3, -0.25) is 0 Å². The Kier molecular flexibility index (Phi) is 5.58. The van der Waals surface area contributed by atoms with Gasteiger partial charge in [-0.2, -0.15) is 0 Å². The molecule has 0 aliphatic carbocycles. The molecule has 2 rings (SSSR count). The van der Waals surface area contributed by atoms with Crippen molar-refractivity contribution in [1.82, 2.24) is 10.2 Å². The number of urea groups is 1. The van der Waals surface area contributed by atoms with Crippen LogP contribution in [0.15, 0.2) is 42.5 Å². The number of hydrogen-bond acceptors (Lipinski definition) is 2. The van der Waals surface area contributed by atoms with Crippen LogP contribution in [0.1, 0.15) is 32.6 Å². The van der Waals surface area contributed by atoms with Crippen LogP contribution >= 0.6 is 0 Å². The zero-order valence-electron chi connectivity index (χ0n) is 14.2. The second kappa shape index (κ2) is 7.64. The lowest BCUT2D eigenvalue weighted by Gasteiger charge is -2.19. The molecular weight excluding hydrogens is 304 g/mol. The van der Waals surface area contributed by atoms with Gasteiger partial charge in [-0.05, 0) is 42.7 Å². The van der Waals surface area contributed by atoms with Crippen molar-refractivity contribution >= 4 is 12.0 Å². The van der Waals surface area contributed by atoms with Crippen LogP contribution in [0, 0.1) is 13.8 Å². The summed E-state index contributed by atoms with van der Waals surface area (Å²) in [7, 11) is 1.75. The highest BCUT2D eigenvalue weighted by Gasteiger charge is 2.10. The maximum absolute atomic E-state index is 12.2. The number of carbonyl (C=O) groups excluding carboxylic acids is 1. The third-order valence-electron chi connectivity index (χ3n) is 3.90. The fourth-order valence-electron chi connectivity index (χ4n) is 2.38. The van der Waals surface area contributed by atoms with Gasteiger partial charge in [-0.25, -0.2) is 9.59 Å². The molecular formula is C19H22N2O3. The Balaban J connectivity index is 1.91. The fraction of sp³-hybridized carbons (Fsp3) is 0.263. The number of amides is 2. The van der Waals surface area contributed by atoms with Crippen molar-refractivity contribution in [2.45, 2.75) is 26.9 Å². The van der Waals surface area contributed by atoms with Crippen LogP contribution in [0.2, 0.25) is 0 Å². The molecule has 2 aromatic carbocycles. The van der Waals surface area contributed by atoms with Gasteiger partial charge in [0.25, 0.3) is 0 Å². The molecule has 0 bridgehead atoms. The number of benzene rings is 2. The van der Waals surface area contributed by atoms with E-state index in [1.54, 1.807) is 24.1 Å². The molecule has 0 radical (unpaired) electrons. The van der Waals surface area contributed by atoms with E-state index in [0.717, 1.165) is 16.7 Å². The Bertz CT molecular complexity index is 739. The highest BCUT2D eigenvalue weighted by atomic mass is 16.4. The Labute approximate surface area is 141 Å². The molecule has 0 saturated carbocycles. The van der Waals surface area contributed by atoms with Crippen molar-refractivity contribution in [3.05, 3.63) is 70.3 Å². The summed E-state index contributed by atoms with van der Waals surface area (Å²) in [6.45, 7) is 4.96. The summed E-state index contributed by atoms with van der Waals surface area (Å²) in [5.74, 6) is -0.959. The standard InChI is InChI=1S/C19H22N2O3/c1-13-4-5-14(2)17(10-13)12-21(3)19(24)20-11-15-6-8-16(9-7-15)18(22)23/h4-10H,11-12H2,1-3H3,(H,20,24)(H,22,23). The van der Waals surface area contributed by atoms with Crippen LogP contribution in [0.3, 0.4) is 0 Å². The van der Waals surface area contributed by atoms with Crippen molar-refractivity contribution in [1.29, 1.82) is 0 Å². The van der Waals surface area contributed by atoms with Crippen molar-refractivity contribution in [2.24, 2.45) is 0 Å². The van der Waals surface area contributed by atoms with Gasteiger partial charge < -0.3 is 15.3 Å². The van der Waals surface area contributed by atoms with E-state index in [2.05, 4.69) is 23.5 Å². The molecule has 0 saturated heterocycles. The molecule has 0 aliphatic heterocycles. The molecule has 0 aromatic heterocycles. The predicted octanol–water partition coefficient (Wildman–Crippen LogP) is 3.34. The number of carbonyl (C=O) groups is 2. The van der Waals surface area contributed by atoms with Crippen LogP contribution in [0.25, 0.3) is 0 Å². The summed E-state index contributed by atoms with van der Waals surface area (Å²) < 4.78 is 0. The lowest BCUT2D eigenvalue weighted by atomic mass is 10.1. The Hall–Kier alpha value is -2.82. The number of aryl methyl sites for hydroxylation is 2. The van der Waals surface area contributed by atoms with Crippen LogP contribution in [0.4, 0.5) is 4.79 Å². The second-order valence-electron chi connectivity index (χ2n) is 5.95. The molecule has 5 heteroatoms. The van der Waals surface area contributed by atoms with E-state index >= 15 is 0 Å². The van der Waals surface area contributed by atoms with Gasteiger partial charge in [0.15, 0.2) is 0 Å². The van der Waals surface area contributed by atoms with E-state index in [1.165, 1.54) is 17.7 Å². The minimum absolute atomic E-state index is 0.168. The van der Waals surface area contributed by atoms with Crippen molar-refractivity contribution in [3.63, 3.8) is 0 Å². The minimum atomic E-state index is -0.959. The number of aromatic carboxylic acids is 1. The first-order valence-electron chi connectivity index (χ1n) is 7.74. The first-order valence-corrected chi connectivity index (χ1v) is 7.74. The number of nitrogens with zero attached hydrogens (tertiary/aromatic N) is 1. The van der Waals surface area contributed by atoms with Gasteiger partial charge in [-0.1, -0.05) is 35.9 Å². The molecule has 0 aliphatic rings. The van der Waals surface area contributed by atoms with Crippen molar-refractivity contribution in [2.75, 3.05) is 7.05 Å². The van der Waals surface area contributed by atoms with E-state index < -0.39 is 5.97 Å². The minimum Gasteiger partial charge on any atom is -0.478 e. The third kappa shape index (κ3) is 4.59. The van der Waals surface area contributed by atoms with Gasteiger partial charge in [0.05, 0.1) is 5.56 Å². The van der Waals surface area contributed by atoms with E-state index in [0.29, 0.717) is 13.1 Å². The zero-order chi connectivity index (χ0) is 17.7. The zero-order valence-corrected chi connectivity index (χ0v) is 14.2. The van der Waals surface area contributed by atoms with Crippen LogP contribution < -0.4 is 5.32 Å². The largest absolute Gasteiger partial charge is 0.478 e. The van der Waals surface area contributed by atoms with Gasteiger partial charge >= 0.3 is 12.0 Å². The summed E-state index contributed by atoms with van der Waals surface area (Å²) in [5.41, 5.74) is 4.54. The molecule has 0 spiro atoms. The summed E-state index contributed by atoms with van der Waals surface area (Å²) in [5, 5.41) is 11.7. The molecule has 2 N–H and O–H groups in total. The summed E-state index contributed by atoms with van der Waals surface area (Å²) in [6.07, 6.45) is 0. The first-order chi connectivity index (χ1) is 11.4. The SMILES string of the molecule is Cc1ccc(C)c(CN(C)C(=O)NCc2ccc(C(=O)O)cc2)c1. The Morgan fingerprint density at radius 3 is 2.38 bits per heavy atom. The van der Waals surface area contributed by atoms with Crippen LogP contribution in [-0.4, -0.2) is 29.1 Å². The average Bonchev–Trinajstić information content (AvgIpc) is 2.56. The molecule has 0 fully saturated rings. The molecule has 2 amide bonds. The third-order valence-corrected chi connectivity index (χ3v) is 3.90. The quantitative estimate of drug-likeness (QED) is 0.885. The predicted molar refractivity (Wildman–Crippen MR) is 93.0 cm³/mol. The second-order valence-corrected chi connectivity index (χ2v) is 5.95. The topological polar surface area (TPSA) is 69.6 Å². The Morgan fingerprint density at radius 2 is 1.75 bits per heavy atom. The maximum Gasteiger partial charge on any atom is 0.335 e. The van der Waals surface area contributed by atoms with Gasteiger partial charge in [0.2, 0.25) is 0 Å². The number of carboxylic acids is 1. The normalized spacial score (nSPS) is 10.3. The molecule has 126 valence electrons. The molecule has 0 heterocycles. The lowest BCUT2D eigenvalue weighted by Crippen LogP contribution is -2.36. The first kappa shape index (κ1) is 17.5. The smallest absolute Gasteiger partial charge is 0.335 e. The number of carboxylic acid groups (broad SMARTS) is 1. The Morgan fingerprint density at radius 1 is 1.08 bits per heavy atom. The van der Waals surface area contributed by atoms with Crippen molar-refractivity contribution < 1.29 is 14.7 Å². The van der Waals surface area contributed by atoms with E-state index in [-0.39, 0.29) is 11.6 Å². The molecule has 0 unspecified atom stereocenters. The fourth-order valence-corrected chi connectivity index (χ4v) is 2.38. The lowest BCUT2D eigenvalue weighted by molar-refractivity contribution is 0.0697. The molecule has 5 nitrogen and oxygen atoms in total. The van der Waals surface area contributed by atoms with Gasteiger partial charge in [0, 0.05) is 20.1 Å². The summed E-state index contributed by atoms with van der Waals surface area (Å²) >= 11 is 0. The van der Waals surface area contributed by atoms with Crippen LogP contribution in [-0.2, 0) is 13.1 Å². The highest BCUT2D eigenvalue weighted by Crippen LogP contribution is 2.13. The monoisotopic (exact) mass is 326 g/mol. The molecule has 0 atom stereocenters. The highest BCUT2D eigenvalue weighted by molar-refractivity contribution is 5.87. The van der Waals surface area contributed by atoms with Gasteiger partial charge in [-0.15, -0.1) is 0 Å². The number of rotatable bonds is 5. The average molecular weight is 326 g/mol. The van der Waals surface area contributed by atoms with Gasteiger partial charge in [0.1, 0.15) is 0 Å². The van der Waals surface area contributed by atoms with E-state index in [4.69, 9.17) is 5.11 Å². The summed E-state index contributed by atoms with van der Waals surface area (Å²) in [4.78, 5) is 24.7. The summed E-state index contributed by atoms with van der Waals surface area (Å²) in [6, 6.07) is 12.5. The van der Waals surface area contributed by atoms with E-state index in [1.807, 2.05) is 13.8 Å². The maximum atomic E-state index is 12.2.